The maximum Gasteiger partial charge on any atom is 0.295 e. The second kappa shape index (κ2) is 10.9. The number of amides is 1. The fourth-order valence-corrected chi connectivity index (χ4v) is 3.90. The van der Waals surface area contributed by atoms with Crippen LogP contribution in [0, 0.1) is 0 Å². The summed E-state index contributed by atoms with van der Waals surface area (Å²) in [6, 6.07) is 10.4. The molecule has 2 aromatic carbocycles. The Morgan fingerprint density at radius 2 is 1.88 bits per heavy atom. The molecule has 180 valence electrons. The zero-order valence-electron chi connectivity index (χ0n) is 19.7. The summed E-state index contributed by atoms with van der Waals surface area (Å²) < 4.78 is 10.7. The monoisotopic (exact) mass is 466 g/mol. The Bertz CT molecular complexity index is 1090. The number of nitrogens with zero attached hydrogens (tertiary/aromatic N) is 2. The van der Waals surface area contributed by atoms with E-state index in [-0.39, 0.29) is 22.8 Å². The molecule has 0 radical (unpaired) electrons. The van der Waals surface area contributed by atoms with Crippen molar-refractivity contribution in [2.75, 3.05) is 40.9 Å². The summed E-state index contributed by atoms with van der Waals surface area (Å²) >= 11 is 0. The Morgan fingerprint density at radius 3 is 2.50 bits per heavy atom. The van der Waals surface area contributed by atoms with E-state index in [2.05, 4.69) is 6.58 Å². The van der Waals surface area contributed by atoms with Gasteiger partial charge in [0.25, 0.3) is 11.7 Å². The minimum absolute atomic E-state index is 0.0117. The zero-order chi connectivity index (χ0) is 24.8. The highest BCUT2D eigenvalue weighted by molar-refractivity contribution is 6.46. The molecule has 1 fully saturated rings. The Morgan fingerprint density at radius 1 is 1.18 bits per heavy atom. The van der Waals surface area contributed by atoms with E-state index in [1.165, 1.54) is 18.1 Å². The molecule has 3 rings (SSSR count). The lowest BCUT2D eigenvalue weighted by Gasteiger charge is -2.26. The van der Waals surface area contributed by atoms with Gasteiger partial charge in [-0.3, -0.25) is 9.59 Å². The van der Waals surface area contributed by atoms with Crippen LogP contribution in [0.4, 0.5) is 0 Å². The minimum Gasteiger partial charge on any atom is -0.507 e. The third-order valence-electron chi connectivity index (χ3n) is 5.56. The first-order valence-corrected chi connectivity index (χ1v) is 10.9. The van der Waals surface area contributed by atoms with Gasteiger partial charge in [0.05, 0.1) is 18.7 Å². The largest absolute Gasteiger partial charge is 0.507 e. The SMILES string of the molecule is C=CCOc1ccc(C(O)=C2C(=O)C(=O)N(CCCN(C)C)[C@H]2c2ccc(O)c(OC)c2)cc1. The van der Waals surface area contributed by atoms with Gasteiger partial charge in [-0.25, -0.2) is 0 Å². The normalized spacial score (nSPS) is 17.3. The molecule has 1 saturated heterocycles. The van der Waals surface area contributed by atoms with Crippen molar-refractivity contribution in [3.63, 3.8) is 0 Å². The molecular weight excluding hydrogens is 436 g/mol. The van der Waals surface area contributed by atoms with E-state index < -0.39 is 17.7 Å². The van der Waals surface area contributed by atoms with Crippen LogP contribution in [0.15, 0.2) is 60.7 Å². The number of ether oxygens (including phenoxy) is 2. The van der Waals surface area contributed by atoms with E-state index in [0.29, 0.717) is 36.4 Å². The second-order valence-corrected chi connectivity index (χ2v) is 8.20. The Balaban J connectivity index is 2.07. The number of methoxy groups -OCH3 is 1. The molecule has 8 nitrogen and oxygen atoms in total. The van der Waals surface area contributed by atoms with E-state index in [1.807, 2.05) is 19.0 Å². The average molecular weight is 467 g/mol. The molecule has 1 heterocycles. The van der Waals surface area contributed by atoms with E-state index in [4.69, 9.17) is 9.47 Å². The van der Waals surface area contributed by atoms with Crippen LogP contribution in [0.1, 0.15) is 23.6 Å². The molecule has 2 N–H and O–H groups in total. The van der Waals surface area contributed by atoms with Gasteiger partial charge in [0, 0.05) is 12.1 Å². The highest BCUT2D eigenvalue weighted by atomic mass is 16.5. The number of phenols is 1. The number of ketones is 1. The number of hydrogen-bond donors (Lipinski definition) is 2. The van der Waals surface area contributed by atoms with Gasteiger partial charge in [-0.15, -0.1) is 0 Å². The number of carbonyl (C=O) groups is 2. The van der Waals surface area contributed by atoms with Crippen molar-refractivity contribution in [3.8, 4) is 17.2 Å². The number of phenolic OH excluding ortho intramolecular Hbond substituents is 1. The maximum absolute atomic E-state index is 13.1. The van der Waals surface area contributed by atoms with Crippen molar-refractivity contribution in [1.29, 1.82) is 0 Å². The highest BCUT2D eigenvalue weighted by Gasteiger charge is 2.46. The standard InChI is InChI=1S/C26H30N2O6/c1-5-15-34-19-10-7-17(8-11-19)24(30)22-23(18-9-12-20(29)21(16-18)33-4)28(26(32)25(22)31)14-6-13-27(2)3/h5,7-12,16,23,29-30H,1,6,13-15H2,2-4H3/t23-/m0/s1. The highest BCUT2D eigenvalue weighted by Crippen LogP contribution is 2.41. The Labute approximate surface area is 199 Å². The smallest absolute Gasteiger partial charge is 0.295 e. The molecule has 34 heavy (non-hydrogen) atoms. The van der Waals surface area contributed by atoms with Crippen molar-refractivity contribution < 1.29 is 29.3 Å². The van der Waals surface area contributed by atoms with Crippen LogP contribution in [0.3, 0.4) is 0 Å². The summed E-state index contributed by atoms with van der Waals surface area (Å²) in [7, 11) is 5.28. The molecule has 8 heteroatoms. The lowest BCUT2D eigenvalue weighted by molar-refractivity contribution is -0.139. The van der Waals surface area contributed by atoms with Crippen molar-refractivity contribution in [1.82, 2.24) is 9.80 Å². The zero-order valence-corrected chi connectivity index (χ0v) is 19.7. The van der Waals surface area contributed by atoms with Gasteiger partial charge >= 0.3 is 0 Å². The fourth-order valence-electron chi connectivity index (χ4n) is 3.90. The number of aliphatic hydroxyl groups is 1. The van der Waals surface area contributed by atoms with Crippen LogP contribution in [0.5, 0.6) is 17.2 Å². The van der Waals surface area contributed by atoms with Gasteiger partial charge in [-0.2, -0.15) is 0 Å². The molecular formula is C26H30N2O6. The van der Waals surface area contributed by atoms with E-state index >= 15 is 0 Å². The number of aromatic hydroxyl groups is 1. The molecule has 1 aliphatic rings. The molecule has 0 spiro atoms. The first-order chi connectivity index (χ1) is 16.3. The molecule has 1 aliphatic heterocycles. The molecule has 0 unspecified atom stereocenters. The predicted molar refractivity (Wildman–Crippen MR) is 129 cm³/mol. The van der Waals surface area contributed by atoms with Crippen LogP contribution in [0.25, 0.3) is 5.76 Å². The summed E-state index contributed by atoms with van der Waals surface area (Å²) in [5.74, 6) is -0.984. The number of likely N-dealkylation sites (tertiary alicyclic amines) is 1. The summed E-state index contributed by atoms with van der Waals surface area (Å²) in [6.45, 7) is 4.99. The van der Waals surface area contributed by atoms with Crippen LogP contribution < -0.4 is 9.47 Å². The first-order valence-electron chi connectivity index (χ1n) is 10.9. The fraction of sp³-hybridized carbons (Fsp3) is 0.308. The van der Waals surface area contributed by atoms with E-state index in [0.717, 1.165) is 6.54 Å². The van der Waals surface area contributed by atoms with E-state index in [9.17, 15) is 19.8 Å². The van der Waals surface area contributed by atoms with Crippen LogP contribution in [-0.4, -0.2) is 72.6 Å². The molecule has 1 amide bonds. The average Bonchev–Trinajstić information content (AvgIpc) is 3.07. The topological polar surface area (TPSA) is 99.5 Å². The number of carbonyl (C=O) groups excluding carboxylic acids is 2. The van der Waals surface area contributed by atoms with Gasteiger partial charge < -0.3 is 29.5 Å². The molecule has 2 aromatic rings. The number of hydrogen-bond acceptors (Lipinski definition) is 7. The van der Waals surface area contributed by atoms with Gasteiger partial charge in [-0.05, 0) is 69.0 Å². The molecule has 0 aliphatic carbocycles. The third-order valence-corrected chi connectivity index (χ3v) is 5.56. The Hall–Kier alpha value is -3.78. The minimum atomic E-state index is -0.826. The van der Waals surface area contributed by atoms with Crippen molar-refractivity contribution in [2.45, 2.75) is 12.5 Å². The van der Waals surface area contributed by atoms with Crippen LogP contribution in [-0.2, 0) is 9.59 Å². The van der Waals surface area contributed by atoms with Gasteiger partial charge in [0.2, 0.25) is 0 Å². The summed E-state index contributed by atoms with van der Waals surface area (Å²) in [5, 5.41) is 21.2. The van der Waals surface area contributed by atoms with Gasteiger partial charge in [-0.1, -0.05) is 18.7 Å². The molecule has 1 atom stereocenters. The Kier molecular flexibility index (Phi) is 7.96. The number of Topliss-reactive ketones (excluding diaryl/α,β-unsaturated/α-hetero) is 1. The quantitative estimate of drug-likeness (QED) is 0.240. The number of aliphatic hydroxyl groups excluding tert-OH is 1. The van der Waals surface area contributed by atoms with Crippen molar-refractivity contribution >= 4 is 17.4 Å². The summed E-state index contributed by atoms with van der Waals surface area (Å²) in [5.41, 5.74) is 0.918. The van der Waals surface area contributed by atoms with Gasteiger partial charge in [0.1, 0.15) is 18.1 Å². The van der Waals surface area contributed by atoms with E-state index in [1.54, 1.807) is 42.5 Å². The lowest BCUT2D eigenvalue weighted by Crippen LogP contribution is -2.32. The number of rotatable bonds is 10. The molecule has 0 saturated carbocycles. The lowest BCUT2D eigenvalue weighted by atomic mass is 9.95. The third kappa shape index (κ3) is 5.23. The second-order valence-electron chi connectivity index (χ2n) is 8.20. The first kappa shape index (κ1) is 24.9. The summed E-state index contributed by atoms with van der Waals surface area (Å²) in [4.78, 5) is 29.6. The number of benzene rings is 2. The summed E-state index contributed by atoms with van der Waals surface area (Å²) in [6.07, 6.45) is 2.26. The van der Waals surface area contributed by atoms with Crippen LogP contribution in [0.2, 0.25) is 0 Å². The maximum atomic E-state index is 13.1. The van der Waals surface area contributed by atoms with Crippen molar-refractivity contribution in [3.05, 3.63) is 71.8 Å². The predicted octanol–water partition coefficient (Wildman–Crippen LogP) is 3.34. The van der Waals surface area contributed by atoms with Gasteiger partial charge in [0.15, 0.2) is 11.5 Å². The van der Waals surface area contributed by atoms with Crippen molar-refractivity contribution in [2.24, 2.45) is 0 Å². The van der Waals surface area contributed by atoms with Crippen LogP contribution >= 0.6 is 0 Å². The molecule has 0 aromatic heterocycles. The molecule has 0 bridgehead atoms.